The molecule has 0 unspecified atom stereocenters. The quantitative estimate of drug-likeness (QED) is 0.790. The van der Waals surface area contributed by atoms with Crippen molar-refractivity contribution in [2.45, 2.75) is 26.0 Å². The highest BCUT2D eigenvalue weighted by atomic mass is 16.6. The number of hydrogen-bond donors (Lipinski definition) is 0. The molecule has 0 aliphatic carbocycles. The minimum atomic E-state index is -0.323. The molecule has 17 heavy (non-hydrogen) atoms. The monoisotopic (exact) mass is 235 g/mol. The average molecular weight is 235 g/mol. The Bertz CT molecular complexity index is 389. The van der Waals surface area contributed by atoms with Crippen molar-refractivity contribution in [3.8, 4) is 0 Å². The van der Waals surface area contributed by atoms with E-state index in [4.69, 9.17) is 9.47 Å². The molecule has 1 aliphatic rings. The maximum atomic E-state index is 11.9. The molecule has 1 aliphatic heterocycles. The normalized spacial score (nSPS) is 18.1. The number of rotatable bonds is 2. The molecule has 4 nitrogen and oxygen atoms in total. The molecule has 0 saturated carbocycles. The van der Waals surface area contributed by atoms with Crippen molar-refractivity contribution in [1.82, 2.24) is 4.90 Å². The van der Waals surface area contributed by atoms with Gasteiger partial charge in [-0.1, -0.05) is 30.3 Å². The Hall–Kier alpha value is -1.55. The lowest BCUT2D eigenvalue weighted by molar-refractivity contribution is 0.0666. The van der Waals surface area contributed by atoms with Crippen molar-refractivity contribution in [2.24, 2.45) is 0 Å². The molecule has 1 amide bonds. The Kier molecular flexibility index (Phi) is 3.33. The van der Waals surface area contributed by atoms with Crippen molar-refractivity contribution >= 4 is 6.09 Å². The van der Waals surface area contributed by atoms with Gasteiger partial charge in [-0.3, -0.25) is 4.90 Å². The summed E-state index contributed by atoms with van der Waals surface area (Å²) in [4.78, 5) is 13.5. The lowest BCUT2D eigenvalue weighted by Gasteiger charge is -2.28. The van der Waals surface area contributed by atoms with Gasteiger partial charge in [0.2, 0.25) is 0 Å². The number of ether oxygens (including phenoxy) is 2. The summed E-state index contributed by atoms with van der Waals surface area (Å²) in [7, 11) is 0. The zero-order valence-corrected chi connectivity index (χ0v) is 10.2. The molecule has 0 spiro atoms. The zero-order valence-electron chi connectivity index (χ0n) is 10.2. The van der Waals surface area contributed by atoms with E-state index in [2.05, 4.69) is 0 Å². The SMILES string of the molecule is CC1(C)COCN1C(=O)OCc1ccccc1. The summed E-state index contributed by atoms with van der Waals surface area (Å²) >= 11 is 0. The van der Waals surface area contributed by atoms with Crippen LogP contribution in [-0.4, -0.2) is 29.9 Å². The van der Waals surface area contributed by atoms with Crippen LogP contribution in [0.5, 0.6) is 0 Å². The Labute approximate surface area is 101 Å². The van der Waals surface area contributed by atoms with Gasteiger partial charge in [0.25, 0.3) is 0 Å². The minimum Gasteiger partial charge on any atom is -0.444 e. The van der Waals surface area contributed by atoms with Crippen LogP contribution in [0.25, 0.3) is 0 Å². The van der Waals surface area contributed by atoms with Crippen molar-refractivity contribution < 1.29 is 14.3 Å². The highest BCUT2D eigenvalue weighted by Gasteiger charge is 2.37. The van der Waals surface area contributed by atoms with E-state index >= 15 is 0 Å². The van der Waals surface area contributed by atoms with Gasteiger partial charge in [0.1, 0.15) is 13.3 Å². The summed E-state index contributed by atoms with van der Waals surface area (Å²) < 4.78 is 10.5. The van der Waals surface area contributed by atoms with Crippen LogP contribution >= 0.6 is 0 Å². The highest BCUT2D eigenvalue weighted by molar-refractivity contribution is 5.68. The third-order valence-corrected chi connectivity index (χ3v) is 2.83. The molecule has 2 rings (SSSR count). The van der Waals surface area contributed by atoms with Crippen LogP contribution in [0, 0.1) is 0 Å². The van der Waals surface area contributed by atoms with E-state index in [9.17, 15) is 4.79 Å². The zero-order chi connectivity index (χ0) is 12.3. The topological polar surface area (TPSA) is 38.8 Å². The summed E-state index contributed by atoms with van der Waals surface area (Å²) in [5, 5.41) is 0. The molecule has 1 aromatic carbocycles. The lowest BCUT2D eigenvalue weighted by Crippen LogP contribution is -2.44. The Balaban J connectivity index is 1.90. The predicted octanol–water partition coefficient (Wildman–Crippen LogP) is 2.39. The summed E-state index contributed by atoms with van der Waals surface area (Å²) in [5.74, 6) is 0. The maximum Gasteiger partial charge on any atom is 0.412 e. The minimum absolute atomic E-state index is 0.284. The van der Waals surface area contributed by atoms with E-state index < -0.39 is 0 Å². The third kappa shape index (κ3) is 2.77. The first-order chi connectivity index (χ1) is 8.09. The van der Waals surface area contributed by atoms with Gasteiger partial charge in [-0.05, 0) is 19.4 Å². The molecule has 92 valence electrons. The number of hydrogen-bond acceptors (Lipinski definition) is 3. The van der Waals surface area contributed by atoms with Crippen LogP contribution in [0.2, 0.25) is 0 Å². The standard InChI is InChI=1S/C13H17NO3/c1-13(2)9-16-10-14(13)12(15)17-8-11-6-4-3-5-7-11/h3-7H,8-10H2,1-2H3. The first kappa shape index (κ1) is 11.9. The summed E-state index contributed by atoms with van der Waals surface area (Å²) in [6.07, 6.45) is -0.323. The molecule has 4 heteroatoms. The van der Waals surface area contributed by atoms with Gasteiger partial charge >= 0.3 is 6.09 Å². The Morgan fingerprint density at radius 2 is 2.12 bits per heavy atom. The molecule has 1 saturated heterocycles. The third-order valence-electron chi connectivity index (χ3n) is 2.83. The molecule has 1 fully saturated rings. The number of nitrogens with zero attached hydrogens (tertiary/aromatic N) is 1. The first-order valence-corrected chi connectivity index (χ1v) is 5.66. The molecule has 0 bridgehead atoms. The van der Waals surface area contributed by atoms with Gasteiger partial charge in [-0.2, -0.15) is 0 Å². The first-order valence-electron chi connectivity index (χ1n) is 5.66. The fourth-order valence-electron chi connectivity index (χ4n) is 1.74. The predicted molar refractivity (Wildman–Crippen MR) is 63.4 cm³/mol. The van der Waals surface area contributed by atoms with E-state index in [1.165, 1.54) is 0 Å². The average Bonchev–Trinajstić information content (AvgIpc) is 2.67. The van der Waals surface area contributed by atoms with E-state index in [1.807, 2.05) is 44.2 Å². The van der Waals surface area contributed by atoms with Gasteiger partial charge < -0.3 is 9.47 Å². The second-order valence-corrected chi connectivity index (χ2v) is 4.76. The second-order valence-electron chi connectivity index (χ2n) is 4.76. The summed E-state index contributed by atoms with van der Waals surface area (Å²) in [6.45, 7) is 5.08. The van der Waals surface area contributed by atoms with Crippen molar-refractivity contribution in [2.75, 3.05) is 13.3 Å². The molecule has 0 atom stereocenters. The van der Waals surface area contributed by atoms with Crippen LogP contribution in [0.1, 0.15) is 19.4 Å². The largest absolute Gasteiger partial charge is 0.444 e. The van der Waals surface area contributed by atoms with Crippen LogP contribution in [0.3, 0.4) is 0 Å². The fourth-order valence-corrected chi connectivity index (χ4v) is 1.74. The molecule has 0 aromatic heterocycles. The molecular weight excluding hydrogens is 218 g/mol. The highest BCUT2D eigenvalue weighted by Crippen LogP contribution is 2.22. The maximum absolute atomic E-state index is 11.9. The molecule has 0 radical (unpaired) electrons. The van der Waals surface area contributed by atoms with Gasteiger partial charge in [0.15, 0.2) is 0 Å². The van der Waals surface area contributed by atoms with Crippen LogP contribution in [0.4, 0.5) is 4.79 Å². The van der Waals surface area contributed by atoms with Crippen LogP contribution in [-0.2, 0) is 16.1 Å². The molecule has 0 N–H and O–H groups in total. The molecule has 1 aromatic rings. The van der Waals surface area contributed by atoms with Gasteiger partial charge in [-0.25, -0.2) is 4.79 Å². The number of carbonyl (C=O) groups is 1. The molecular formula is C13H17NO3. The number of carbonyl (C=O) groups excluding carboxylic acids is 1. The lowest BCUT2D eigenvalue weighted by atomic mass is 10.1. The summed E-state index contributed by atoms with van der Waals surface area (Å²) in [5.41, 5.74) is 0.701. The number of benzene rings is 1. The molecule has 1 heterocycles. The van der Waals surface area contributed by atoms with E-state index in [1.54, 1.807) is 4.90 Å². The van der Waals surface area contributed by atoms with E-state index in [0.29, 0.717) is 19.9 Å². The van der Waals surface area contributed by atoms with E-state index in [0.717, 1.165) is 5.56 Å². The van der Waals surface area contributed by atoms with Crippen LogP contribution < -0.4 is 0 Å². The number of amides is 1. The Morgan fingerprint density at radius 3 is 2.71 bits per heavy atom. The van der Waals surface area contributed by atoms with Gasteiger partial charge in [0, 0.05) is 0 Å². The van der Waals surface area contributed by atoms with Gasteiger partial charge in [0.05, 0.1) is 12.1 Å². The van der Waals surface area contributed by atoms with Crippen molar-refractivity contribution in [3.05, 3.63) is 35.9 Å². The van der Waals surface area contributed by atoms with Crippen molar-refractivity contribution in [1.29, 1.82) is 0 Å². The van der Waals surface area contributed by atoms with Crippen LogP contribution in [0.15, 0.2) is 30.3 Å². The van der Waals surface area contributed by atoms with Crippen molar-refractivity contribution in [3.63, 3.8) is 0 Å². The van der Waals surface area contributed by atoms with Gasteiger partial charge in [-0.15, -0.1) is 0 Å². The smallest absolute Gasteiger partial charge is 0.412 e. The fraction of sp³-hybridized carbons (Fsp3) is 0.462. The summed E-state index contributed by atoms with van der Waals surface area (Å²) in [6, 6.07) is 9.64. The second kappa shape index (κ2) is 4.75. The van der Waals surface area contributed by atoms with E-state index in [-0.39, 0.29) is 11.6 Å². The Morgan fingerprint density at radius 1 is 1.41 bits per heavy atom.